The number of carbonyl (C=O) groups excluding carboxylic acids is 1. The normalized spacial score (nSPS) is 13.8. The third-order valence-electron chi connectivity index (χ3n) is 3.62. The van der Waals surface area contributed by atoms with Crippen molar-refractivity contribution in [3.8, 4) is 0 Å². The van der Waals surface area contributed by atoms with Crippen molar-refractivity contribution in [1.29, 1.82) is 0 Å². The lowest BCUT2D eigenvalue weighted by Crippen LogP contribution is -2.27. The Bertz CT molecular complexity index is 704. The zero-order valence-electron chi connectivity index (χ0n) is 11.8. The maximum Gasteiger partial charge on any atom is 0.245 e. The number of nitrogens with zero attached hydrogens (tertiary/aromatic N) is 1. The number of aliphatic imine (C=N–C) groups is 1. The summed E-state index contributed by atoms with van der Waals surface area (Å²) < 4.78 is 0. The van der Waals surface area contributed by atoms with Crippen LogP contribution in [0.4, 0.5) is 5.69 Å². The van der Waals surface area contributed by atoms with Gasteiger partial charge in [-0.2, -0.15) is 0 Å². The van der Waals surface area contributed by atoms with Crippen LogP contribution >= 0.6 is 0 Å². The van der Waals surface area contributed by atoms with Crippen LogP contribution in [0, 0.1) is 6.92 Å². The van der Waals surface area contributed by atoms with Crippen molar-refractivity contribution >= 4 is 17.8 Å². The summed E-state index contributed by atoms with van der Waals surface area (Å²) in [6, 6.07) is 12.8. The smallest absolute Gasteiger partial charge is 0.245 e. The van der Waals surface area contributed by atoms with Crippen LogP contribution in [-0.2, 0) is 11.3 Å². The quantitative estimate of drug-likeness (QED) is 0.906. The zero-order valence-corrected chi connectivity index (χ0v) is 11.8. The second-order valence-corrected chi connectivity index (χ2v) is 5.26. The summed E-state index contributed by atoms with van der Waals surface area (Å²) >= 11 is 0. The fraction of sp³-hybridized carbons (Fsp3) is 0.176. The first kappa shape index (κ1) is 13.5. The number of hydrogen-bond donors (Lipinski definition) is 2. The van der Waals surface area contributed by atoms with Gasteiger partial charge in [-0.25, -0.2) is 0 Å². The lowest BCUT2D eigenvalue weighted by molar-refractivity contribution is -0.117. The number of fused-ring (bicyclic) bond motifs is 1. The Balaban J connectivity index is 1.73. The molecule has 3 rings (SSSR count). The van der Waals surface area contributed by atoms with Gasteiger partial charge in [0, 0.05) is 11.9 Å². The predicted molar refractivity (Wildman–Crippen MR) is 84.5 cm³/mol. The monoisotopic (exact) mass is 279 g/mol. The van der Waals surface area contributed by atoms with E-state index < -0.39 is 6.04 Å². The van der Waals surface area contributed by atoms with Gasteiger partial charge >= 0.3 is 0 Å². The minimum absolute atomic E-state index is 0.214. The highest BCUT2D eigenvalue weighted by Crippen LogP contribution is 2.20. The highest BCUT2D eigenvalue weighted by Gasteiger charge is 2.16. The van der Waals surface area contributed by atoms with Gasteiger partial charge in [-0.1, -0.05) is 35.9 Å². The number of carbonyl (C=O) groups is 1. The lowest BCUT2D eigenvalue weighted by Gasteiger charge is -2.13. The highest BCUT2D eigenvalue weighted by atomic mass is 16.2. The summed E-state index contributed by atoms with van der Waals surface area (Å²) in [5.74, 6) is -0.214. The minimum Gasteiger partial charge on any atom is -0.324 e. The predicted octanol–water partition coefficient (Wildman–Crippen LogP) is 2.57. The molecule has 1 heterocycles. The molecular formula is C17H17N3O. The fourth-order valence-corrected chi connectivity index (χ4v) is 2.32. The summed E-state index contributed by atoms with van der Waals surface area (Å²) in [7, 11) is 0. The molecule has 1 aliphatic rings. The summed E-state index contributed by atoms with van der Waals surface area (Å²) in [5.41, 5.74) is 10.9. The van der Waals surface area contributed by atoms with E-state index in [9.17, 15) is 4.79 Å². The number of aryl methyl sites for hydroxylation is 1. The molecule has 106 valence electrons. The number of nitrogens with one attached hydrogen (secondary N) is 1. The summed E-state index contributed by atoms with van der Waals surface area (Å²) in [4.78, 5) is 16.4. The molecule has 2 aromatic carbocycles. The first-order valence-electron chi connectivity index (χ1n) is 6.89. The molecule has 2 aromatic rings. The molecule has 1 aliphatic heterocycles. The Morgan fingerprint density at radius 2 is 2.00 bits per heavy atom. The molecule has 1 unspecified atom stereocenters. The molecule has 4 heteroatoms. The van der Waals surface area contributed by atoms with Crippen LogP contribution in [-0.4, -0.2) is 12.1 Å². The highest BCUT2D eigenvalue weighted by molar-refractivity contribution is 5.96. The van der Waals surface area contributed by atoms with E-state index in [0.717, 1.165) is 22.4 Å². The average molecular weight is 279 g/mol. The Labute approximate surface area is 123 Å². The van der Waals surface area contributed by atoms with Crippen molar-refractivity contribution in [2.45, 2.75) is 19.5 Å². The molecule has 0 aromatic heterocycles. The van der Waals surface area contributed by atoms with Gasteiger partial charge in [0.05, 0.1) is 6.54 Å². The molecule has 4 nitrogen and oxygen atoms in total. The van der Waals surface area contributed by atoms with Crippen molar-refractivity contribution in [3.05, 3.63) is 64.7 Å². The van der Waals surface area contributed by atoms with E-state index >= 15 is 0 Å². The second kappa shape index (κ2) is 5.50. The van der Waals surface area contributed by atoms with Gasteiger partial charge < -0.3 is 11.1 Å². The van der Waals surface area contributed by atoms with E-state index in [4.69, 9.17) is 5.73 Å². The van der Waals surface area contributed by atoms with E-state index in [-0.39, 0.29) is 5.91 Å². The third-order valence-corrected chi connectivity index (χ3v) is 3.62. The average Bonchev–Trinajstić information content (AvgIpc) is 2.95. The summed E-state index contributed by atoms with van der Waals surface area (Å²) in [6.07, 6.45) is 1.82. The van der Waals surface area contributed by atoms with Crippen LogP contribution in [0.15, 0.2) is 47.5 Å². The number of rotatable bonds is 3. The Morgan fingerprint density at radius 1 is 1.24 bits per heavy atom. The lowest BCUT2D eigenvalue weighted by atomic mass is 10.0. The maximum atomic E-state index is 12.2. The van der Waals surface area contributed by atoms with E-state index in [1.54, 1.807) is 0 Å². The van der Waals surface area contributed by atoms with Gasteiger partial charge in [-0.3, -0.25) is 9.79 Å². The first-order chi connectivity index (χ1) is 10.1. The molecule has 0 aliphatic carbocycles. The minimum atomic E-state index is -0.674. The van der Waals surface area contributed by atoms with Gasteiger partial charge in [0.15, 0.2) is 0 Å². The zero-order chi connectivity index (χ0) is 14.8. The largest absolute Gasteiger partial charge is 0.324 e. The molecule has 21 heavy (non-hydrogen) atoms. The SMILES string of the molecule is Cc1ccc(C(N)C(=O)Nc2ccc3c(c2)C=NC3)cc1. The van der Waals surface area contributed by atoms with Gasteiger partial charge in [0.1, 0.15) is 6.04 Å². The summed E-state index contributed by atoms with van der Waals surface area (Å²) in [6.45, 7) is 2.72. The number of nitrogens with two attached hydrogens (primary N) is 1. The number of amides is 1. The third kappa shape index (κ3) is 2.85. The van der Waals surface area contributed by atoms with Gasteiger partial charge in [0.2, 0.25) is 5.91 Å². The molecule has 0 radical (unpaired) electrons. The van der Waals surface area contributed by atoms with E-state index in [1.807, 2.05) is 55.6 Å². The molecule has 0 saturated heterocycles. The number of benzene rings is 2. The summed E-state index contributed by atoms with van der Waals surface area (Å²) in [5, 5.41) is 2.86. The second-order valence-electron chi connectivity index (χ2n) is 5.26. The molecule has 1 atom stereocenters. The van der Waals surface area contributed by atoms with Crippen LogP contribution in [0.2, 0.25) is 0 Å². The van der Waals surface area contributed by atoms with Crippen LogP contribution in [0.25, 0.3) is 0 Å². The fourth-order valence-electron chi connectivity index (χ4n) is 2.32. The van der Waals surface area contributed by atoms with Crippen molar-refractivity contribution < 1.29 is 4.79 Å². The molecule has 0 saturated carbocycles. The Hall–Kier alpha value is -2.46. The van der Waals surface area contributed by atoms with Crippen LogP contribution in [0.3, 0.4) is 0 Å². The molecule has 1 amide bonds. The Morgan fingerprint density at radius 3 is 2.76 bits per heavy atom. The maximum absolute atomic E-state index is 12.2. The molecular weight excluding hydrogens is 262 g/mol. The first-order valence-corrected chi connectivity index (χ1v) is 6.89. The van der Waals surface area contributed by atoms with Gasteiger partial charge in [0.25, 0.3) is 0 Å². The number of anilines is 1. The van der Waals surface area contributed by atoms with Gasteiger partial charge in [-0.15, -0.1) is 0 Å². The van der Waals surface area contributed by atoms with Crippen LogP contribution in [0.1, 0.15) is 28.3 Å². The van der Waals surface area contributed by atoms with E-state index in [2.05, 4.69) is 10.3 Å². The van der Waals surface area contributed by atoms with E-state index in [0.29, 0.717) is 6.54 Å². The molecule has 0 spiro atoms. The van der Waals surface area contributed by atoms with Crippen molar-refractivity contribution in [1.82, 2.24) is 0 Å². The number of hydrogen-bond acceptors (Lipinski definition) is 3. The van der Waals surface area contributed by atoms with E-state index in [1.165, 1.54) is 5.56 Å². The van der Waals surface area contributed by atoms with Crippen LogP contribution < -0.4 is 11.1 Å². The Kier molecular flexibility index (Phi) is 3.54. The topological polar surface area (TPSA) is 67.5 Å². The molecule has 0 fully saturated rings. The molecule has 0 bridgehead atoms. The standard InChI is InChI=1S/C17H17N3O/c1-11-2-4-12(5-3-11)16(18)17(21)20-15-7-6-13-9-19-10-14(13)8-15/h2-8,10,16H,9,18H2,1H3,(H,20,21). The van der Waals surface area contributed by atoms with Crippen LogP contribution in [0.5, 0.6) is 0 Å². The van der Waals surface area contributed by atoms with Crippen molar-refractivity contribution in [2.75, 3.05) is 5.32 Å². The van der Waals surface area contributed by atoms with Gasteiger partial charge in [-0.05, 0) is 35.7 Å². The van der Waals surface area contributed by atoms with Crippen molar-refractivity contribution in [2.24, 2.45) is 10.7 Å². The molecule has 3 N–H and O–H groups in total. The van der Waals surface area contributed by atoms with Crippen molar-refractivity contribution in [3.63, 3.8) is 0 Å².